The van der Waals surface area contributed by atoms with E-state index < -0.39 is 5.97 Å². The molecule has 2 aromatic carbocycles. The number of benzene rings is 2. The highest BCUT2D eigenvalue weighted by Gasteiger charge is 2.32. The number of hydrogen-bond acceptors (Lipinski definition) is 6. The third-order valence-corrected chi connectivity index (χ3v) is 5.55. The molecule has 0 saturated carbocycles. The summed E-state index contributed by atoms with van der Waals surface area (Å²) in [5.41, 5.74) is 4.34. The van der Waals surface area contributed by atoms with Gasteiger partial charge in [0.25, 0.3) is 0 Å². The van der Waals surface area contributed by atoms with Crippen LogP contribution in [0.2, 0.25) is 0 Å². The van der Waals surface area contributed by atoms with Gasteiger partial charge in [-0.1, -0.05) is 42.0 Å². The van der Waals surface area contributed by atoms with Crippen LogP contribution < -0.4 is 5.01 Å². The number of aromatic nitrogens is 1. The number of nitrogens with zero attached hydrogens (tertiary/aromatic N) is 3. The van der Waals surface area contributed by atoms with Crippen molar-refractivity contribution in [1.82, 2.24) is 4.98 Å². The minimum absolute atomic E-state index is 0.131. The Kier molecular flexibility index (Phi) is 5.40. The van der Waals surface area contributed by atoms with Crippen LogP contribution in [0, 0.1) is 12.7 Å². The first-order valence-corrected chi connectivity index (χ1v) is 10.2. The molecule has 0 bridgehead atoms. The number of anilines is 1. The molecule has 0 fully saturated rings. The molecule has 4 rings (SSSR count). The lowest BCUT2D eigenvalue weighted by atomic mass is 9.98. The van der Waals surface area contributed by atoms with E-state index in [1.54, 1.807) is 24.4 Å². The van der Waals surface area contributed by atoms with Gasteiger partial charge < -0.3 is 4.74 Å². The van der Waals surface area contributed by atoms with Crippen molar-refractivity contribution in [3.8, 4) is 0 Å². The second kappa shape index (κ2) is 8.13. The van der Waals surface area contributed by atoms with E-state index in [1.807, 2.05) is 24.1 Å². The minimum Gasteiger partial charge on any atom is -0.461 e. The summed E-state index contributed by atoms with van der Waals surface area (Å²) in [4.78, 5) is 16.4. The SMILES string of the molecule is CCOC(=O)c1csc(N2N=C(c3ccc(C)cc3)CC2c2ccc(F)cc2)n1. The zero-order chi connectivity index (χ0) is 20.4. The van der Waals surface area contributed by atoms with Gasteiger partial charge >= 0.3 is 5.97 Å². The zero-order valence-electron chi connectivity index (χ0n) is 16.1. The van der Waals surface area contributed by atoms with Crippen LogP contribution in [0.5, 0.6) is 0 Å². The van der Waals surface area contributed by atoms with E-state index in [1.165, 1.54) is 29.0 Å². The maximum absolute atomic E-state index is 13.4. The highest BCUT2D eigenvalue weighted by molar-refractivity contribution is 7.13. The molecule has 0 aliphatic carbocycles. The maximum Gasteiger partial charge on any atom is 0.357 e. The van der Waals surface area contributed by atoms with E-state index in [4.69, 9.17) is 9.84 Å². The van der Waals surface area contributed by atoms with Crippen LogP contribution in [-0.4, -0.2) is 23.3 Å². The lowest BCUT2D eigenvalue weighted by Crippen LogP contribution is -2.18. The largest absolute Gasteiger partial charge is 0.461 e. The number of thiazole rings is 1. The van der Waals surface area contributed by atoms with Gasteiger partial charge in [0.1, 0.15) is 5.82 Å². The van der Waals surface area contributed by atoms with Crippen LogP contribution >= 0.6 is 11.3 Å². The minimum atomic E-state index is -0.449. The molecular weight excluding hydrogens is 389 g/mol. The number of aryl methyl sites for hydroxylation is 1. The van der Waals surface area contributed by atoms with Gasteiger partial charge in [0.15, 0.2) is 5.69 Å². The number of halogens is 1. The van der Waals surface area contributed by atoms with E-state index in [0.717, 1.165) is 16.8 Å². The summed E-state index contributed by atoms with van der Waals surface area (Å²) in [7, 11) is 0. The molecule has 29 heavy (non-hydrogen) atoms. The molecule has 1 aromatic heterocycles. The molecule has 1 aliphatic heterocycles. The Morgan fingerprint density at radius 2 is 1.93 bits per heavy atom. The van der Waals surface area contributed by atoms with Crippen LogP contribution in [0.4, 0.5) is 9.52 Å². The van der Waals surface area contributed by atoms with Gasteiger partial charge in [0.2, 0.25) is 5.13 Å². The third kappa shape index (κ3) is 4.05. The van der Waals surface area contributed by atoms with Gasteiger partial charge in [-0.25, -0.2) is 19.2 Å². The molecule has 0 N–H and O–H groups in total. The van der Waals surface area contributed by atoms with Crippen molar-refractivity contribution < 1.29 is 13.9 Å². The Morgan fingerprint density at radius 3 is 2.62 bits per heavy atom. The summed E-state index contributed by atoms with van der Waals surface area (Å²) < 4.78 is 18.5. The van der Waals surface area contributed by atoms with Gasteiger partial charge in [-0.2, -0.15) is 5.10 Å². The van der Waals surface area contributed by atoms with Gasteiger partial charge in [0.05, 0.1) is 18.4 Å². The maximum atomic E-state index is 13.4. The number of ether oxygens (including phenoxy) is 1. The van der Waals surface area contributed by atoms with Crippen LogP contribution in [0.25, 0.3) is 0 Å². The summed E-state index contributed by atoms with van der Waals surface area (Å²) in [5.74, 6) is -0.730. The molecular formula is C22H20FN3O2S. The first-order chi connectivity index (χ1) is 14.0. The van der Waals surface area contributed by atoms with Crippen molar-refractivity contribution in [2.24, 2.45) is 5.10 Å². The summed E-state index contributed by atoms with van der Waals surface area (Å²) in [6, 6.07) is 14.5. The Hall–Kier alpha value is -3.06. The second-order valence-electron chi connectivity index (χ2n) is 6.76. The molecule has 1 aliphatic rings. The molecule has 5 nitrogen and oxygen atoms in total. The highest BCUT2D eigenvalue weighted by atomic mass is 32.1. The Morgan fingerprint density at radius 1 is 1.21 bits per heavy atom. The first kappa shape index (κ1) is 19.3. The second-order valence-corrected chi connectivity index (χ2v) is 7.60. The number of hydrazone groups is 1. The number of hydrogen-bond donors (Lipinski definition) is 0. The topological polar surface area (TPSA) is 54.8 Å². The smallest absolute Gasteiger partial charge is 0.357 e. The van der Waals surface area contributed by atoms with Crippen LogP contribution in [0.3, 0.4) is 0 Å². The molecule has 1 unspecified atom stereocenters. The summed E-state index contributed by atoms with van der Waals surface area (Å²) in [6.45, 7) is 4.10. The van der Waals surface area contributed by atoms with E-state index in [0.29, 0.717) is 18.2 Å². The number of carbonyl (C=O) groups is 1. The van der Waals surface area contributed by atoms with Crippen LogP contribution in [0.15, 0.2) is 59.0 Å². The number of esters is 1. The standard InChI is InChI=1S/C22H20FN3O2S/c1-3-28-21(27)19-13-29-22(24-19)26-20(16-8-10-17(23)11-9-16)12-18(25-26)15-6-4-14(2)5-7-15/h4-11,13,20H,3,12H2,1-2H3. The molecule has 0 radical (unpaired) electrons. The van der Waals surface area contributed by atoms with Crippen LogP contribution in [0.1, 0.15) is 46.6 Å². The predicted molar refractivity (Wildman–Crippen MR) is 112 cm³/mol. The summed E-state index contributed by atoms with van der Waals surface area (Å²) >= 11 is 1.34. The average molecular weight is 409 g/mol. The van der Waals surface area contributed by atoms with Crippen LogP contribution in [-0.2, 0) is 4.74 Å². The quantitative estimate of drug-likeness (QED) is 0.549. The third-order valence-electron chi connectivity index (χ3n) is 4.72. The van der Waals surface area contributed by atoms with E-state index in [9.17, 15) is 9.18 Å². The van der Waals surface area contributed by atoms with Crippen molar-refractivity contribution in [1.29, 1.82) is 0 Å². The lowest BCUT2D eigenvalue weighted by Gasteiger charge is -2.21. The van der Waals surface area contributed by atoms with Crippen molar-refractivity contribution in [3.63, 3.8) is 0 Å². The van der Waals surface area contributed by atoms with Crippen molar-refractivity contribution in [3.05, 3.63) is 82.1 Å². The Bertz CT molecular complexity index is 1040. The van der Waals surface area contributed by atoms with Crippen molar-refractivity contribution >= 4 is 28.1 Å². The van der Waals surface area contributed by atoms with Gasteiger partial charge in [0, 0.05) is 11.8 Å². The fourth-order valence-corrected chi connectivity index (χ4v) is 4.01. The molecule has 0 spiro atoms. The fraction of sp³-hybridized carbons (Fsp3) is 0.227. The fourth-order valence-electron chi connectivity index (χ4n) is 3.22. The number of carbonyl (C=O) groups excluding carboxylic acids is 1. The molecule has 0 saturated heterocycles. The monoisotopic (exact) mass is 409 g/mol. The van der Waals surface area contributed by atoms with Crippen molar-refractivity contribution in [2.75, 3.05) is 11.6 Å². The Balaban J connectivity index is 1.70. The average Bonchev–Trinajstić information content (AvgIpc) is 3.37. The van der Waals surface area contributed by atoms with E-state index >= 15 is 0 Å². The van der Waals surface area contributed by atoms with Gasteiger partial charge in [-0.05, 0) is 37.1 Å². The molecule has 0 amide bonds. The molecule has 148 valence electrons. The molecule has 3 aromatic rings. The Labute approximate surface area is 172 Å². The van der Waals surface area contributed by atoms with Gasteiger partial charge in [-0.15, -0.1) is 11.3 Å². The molecule has 1 atom stereocenters. The number of rotatable bonds is 5. The summed E-state index contributed by atoms with van der Waals surface area (Å²) in [6.07, 6.45) is 0.656. The molecule has 2 heterocycles. The van der Waals surface area contributed by atoms with E-state index in [2.05, 4.69) is 17.1 Å². The normalized spacial score (nSPS) is 16.0. The highest BCUT2D eigenvalue weighted by Crippen LogP contribution is 2.38. The predicted octanol–water partition coefficient (Wildman–Crippen LogP) is 5.12. The summed E-state index contributed by atoms with van der Waals surface area (Å²) in [5, 5.41) is 8.90. The van der Waals surface area contributed by atoms with Gasteiger partial charge in [-0.3, -0.25) is 0 Å². The zero-order valence-corrected chi connectivity index (χ0v) is 16.9. The molecule has 7 heteroatoms. The van der Waals surface area contributed by atoms with Crippen molar-refractivity contribution in [2.45, 2.75) is 26.3 Å². The lowest BCUT2D eigenvalue weighted by molar-refractivity contribution is 0.0520. The van der Waals surface area contributed by atoms with E-state index in [-0.39, 0.29) is 17.6 Å². The first-order valence-electron chi connectivity index (χ1n) is 9.37.